The van der Waals surface area contributed by atoms with Crippen LogP contribution in [-0.4, -0.2) is 0 Å². The molecule has 0 saturated carbocycles. The fourth-order valence-corrected chi connectivity index (χ4v) is 11.7. The average Bonchev–Trinajstić information content (AvgIpc) is 3.40. The minimum Gasteiger partial charge on any atom is -0.137 e. The Labute approximate surface area is 177 Å². The van der Waals surface area contributed by atoms with Crippen molar-refractivity contribution in [3.8, 4) is 0 Å². The van der Waals surface area contributed by atoms with Gasteiger partial charge in [-0.25, -0.2) is 0 Å². The van der Waals surface area contributed by atoms with Crippen LogP contribution in [0.5, 0.6) is 0 Å². The van der Waals surface area contributed by atoms with Crippen LogP contribution in [0.3, 0.4) is 0 Å². The van der Waals surface area contributed by atoms with E-state index in [1.54, 1.807) is 0 Å². The molecule has 2 aromatic heterocycles. The van der Waals surface area contributed by atoms with Crippen LogP contribution >= 0.6 is 69.7 Å². The van der Waals surface area contributed by atoms with E-state index < -0.39 is 0 Å². The molecule has 0 spiro atoms. The molecule has 2 aliphatic heterocycles. The molecule has 0 fully saturated rings. The van der Waals surface area contributed by atoms with Crippen LogP contribution in [0.4, 0.5) is 0 Å². The zero-order valence-electron chi connectivity index (χ0n) is 13.4. The van der Waals surface area contributed by atoms with E-state index in [0.29, 0.717) is 9.16 Å². The summed E-state index contributed by atoms with van der Waals surface area (Å²) in [5.74, 6) is 0. The van der Waals surface area contributed by atoms with Gasteiger partial charge in [0.25, 0.3) is 0 Å². The Balaban J connectivity index is 1.27. The molecule has 4 heterocycles. The highest BCUT2D eigenvalue weighted by Crippen LogP contribution is 2.61. The lowest BCUT2D eigenvalue weighted by molar-refractivity contribution is 1.27. The summed E-state index contributed by atoms with van der Waals surface area (Å²) in [4.78, 5) is 8.71. The molecular formula is C20H12S6. The predicted molar refractivity (Wildman–Crippen MR) is 121 cm³/mol. The number of rotatable bonds is 2. The van der Waals surface area contributed by atoms with Crippen molar-refractivity contribution in [1.29, 1.82) is 0 Å². The number of hydrogen-bond donors (Lipinski definition) is 0. The number of thiophene rings is 2. The van der Waals surface area contributed by atoms with Gasteiger partial charge in [0.05, 0.1) is 9.16 Å². The van der Waals surface area contributed by atoms with Gasteiger partial charge in [-0.05, 0) is 36.4 Å². The molecule has 0 nitrogen and oxygen atoms in total. The van der Waals surface area contributed by atoms with Crippen molar-refractivity contribution in [1.82, 2.24) is 0 Å². The van der Waals surface area contributed by atoms with Crippen LogP contribution in [0, 0.1) is 0 Å². The first-order valence-corrected chi connectivity index (χ1v) is 13.4. The monoisotopic (exact) mass is 444 g/mol. The van der Waals surface area contributed by atoms with Crippen LogP contribution in [0.25, 0.3) is 9.40 Å². The van der Waals surface area contributed by atoms with Gasteiger partial charge in [-0.15, -0.1) is 69.7 Å². The van der Waals surface area contributed by atoms with Gasteiger partial charge in [0, 0.05) is 38.7 Å². The molecular weight excluding hydrogens is 433 g/mol. The van der Waals surface area contributed by atoms with Crippen molar-refractivity contribution in [2.24, 2.45) is 0 Å². The maximum absolute atomic E-state index is 2.43. The minimum absolute atomic E-state index is 0.514. The van der Waals surface area contributed by atoms with E-state index in [-0.39, 0.29) is 0 Å². The van der Waals surface area contributed by atoms with E-state index in [2.05, 4.69) is 60.7 Å². The summed E-state index contributed by atoms with van der Waals surface area (Å²) in [7, 11) is 0. The summed E-state index contributed by atoms with van der Waals surface area (Å²) in [5.41, 5.74) is 0. The number of fused-ring (bicyclic) bond motifs is 3. The Bertz CT molecular complexity index is 958. The van der Waals surface area contributed by atoms with E-state index in [9.17, 15) is 0 Å². The van der Waals surface area contributed by atoms with Crippen LogP contribution < -0.4 is 0 Å². The largest absolute Gasteiger partial charge is 0.137 e. The summed E-state index contributed by atoms with van der Waals surface area (Å²) < 4.78 is 3.93. The fraction of sp³-hybridized carbons (Fsp3) is 0.100. The lowest BCUT2D eigenvalue weighted by Crippen LogP contribution is -1.77. The zero-order valence-corrected chi connectivity index (χ0v) is 18.3. The van der Waals surface area contributed by atoms with E-state index in [4.69, 9.17) is 0 Å². The molecule has 0 radical (unpaired) electrons. The molecule has 6 heteroatoms. The first-order valence-electron chi connectivity index (χ1n) is 8.21. The Morgan fingerprint density at radius 2 is 0.846 bits per heavy atom. The molecule has 0 unspecified atom stereocenters. The van der Waals surface area contributed by atoms with Crippen molar-refractivity contribution in [3.05, 3.63) is 70.4 Å². The van der Waals surface area contributed by atoms with Crippen molar-refractivity contribution in [3.63, 3.8) is 0 Å². The molecule has 0 amide bonds. The number of hydrogen-bond acceptors (Lipinski definition) is 6. The molecule has 0 atom stereocenters. The van der Waals surface area contributed by atoms with Crippen LogP contribution in [0.15, 0.2) is 80.2 Å². The quantitative estimate of drug-likeness (QED) is 0.303. The van der Waals surface area contributed by atoms with E-state index in [0.717, 1.165) is 0 Å². The molecule has 0 saturated heterocycles. The van der Waals surface area contributed by atoms with Gasteiger partial charge in [0.15, 0.2) is 0 Å². The maximum atomic E-state index is 2.43. The Kier molecular flexibility index (Phi) is 4.14. The first-order chi connectivity index (χ1) is 12.8. The zero-order chi connectivity index (χ0) is 17.1. The molecule has 2 aliphatic rings. The smallest absolute Gasteiger partial charge is 0.0938 e. The van der Waals surface area contributed by atoms with Crippen LogP contribution in [-0.2, 0) is 0 Å². The molecule has 4 aromatic rings. The molecule has 128 valence electrons. The van der Waals surface area contributed by atoms with Crippen LogP contribution in [0.2, 0.25) is 0 Å². The third kappa shape index (κ3) is 2.77. The number of benzene rings is 2. The minimum atomic E-state index is 0.514. The second-order valence-electron chi connectivity index (χ2n) is 6.05. The number of thioether (sulfide) groups is 4. The average molecular weight is 445 g/mol. The highest BCUT2D eigenvalue weighted by atomic mass is 32.2. The van der Waals surface area contributed by atoms with E-state index >= 15 is 0 Å². The SMILES string of the molecule is c1ccc2c(c1)SC(c1cc3sc(C4Sc5ccccc5S4)cc3s1)S2. The second kappa shape index (κ2) is 6.54. The highest BCUT2D eigenvalue weighted by Gasteiger charge is 2.28. The molecule has 2 aromatic carbocycles. The van der Waals surface area contributed by atoms with Crippen molar-refractivity contribution < 1.29 is 0 Å². The fourth-order valence-electron chi connectivity index (χ4n) is 3.14. The van der Waals surface area contributed by atoms with Crippen molar-refractivity contribution >= 4 is 79.1 Å². The third-order valence-corrected chi connectivity index (χ3v) is 13.1. The molecule has 6 rings (SSSR count). The lowest BCUT2D eigenvalue weighted by Gasteiger charge is -2.04. The topological polar surface area (TPSA) is 0 Å². The molecule has 0 aliphatic carbocycles. The predicted octanol–water partition coefficient (Wildman–Crippen LogP) is 8.76. The Hall–Kier alpha value is -0.500. The van der Waals surface area contributed by atoms with Crippen LogP contribution in [0.1, 0.15) is 18.9 Å². The van der Waals surface area contributed by atoms with Crippen molar-refractivity contribution in [2.75, 3.05) is 0 Å². The van der Waals surface area contributed by atoms with E-state index in [1.807, 2.05) is 69.7 Å². The molecule has 0 bridgehead atoms. The lowest BCUT2D eigenvalue weighted by atomic mass is 10.4. The summed E-state index contributed by atoms with van der Waals surface area (Å²) >= 11 is 12.0. The summed E-state index contributed by atoms with van der Waals surface area (Å²) in [6.07, 6.45) is 0. The standard InChI is InChI=1S/C20H12S6/c1-2-6-12-11(5-1)23-19(24-12)17-9-15-16(21-17)10-18(22-15)20-25-13-7-3-4-8-14(13)26-20/h1-10,19-20H. The summed E-state index contributed by atoms with van der Waals surface area (Å²) in [6, 6.07) is 22.4. The summed E-state index contributed by atoms with van der Waals surface area (Å²) in [6.45, 7) is 0. The van der Waals surface area contributed by atoms with Gasteiger partial charge in [-0.1, -0.05) is 24.3 Å². The van der Waals surface area contributed by atoms with Gasteiger partial charge in [-0.3, -0.25) is 0 Å². The third-order valence-electron chi connectivity index (χ3n) is 4.34. The van der Waals surface area contributed by atoms with Gasteiger partial charge >= 0.3 is 0 Å². The van der Waals surface area contributed by atoms with Gasteiger partial charge in [0.2, 0.25) is 0 Å². The molecule has 26 heavy (non-hydrogen) atoms. The Morgan fingerprint density at radius 1 is 0.500 bits per heavy atom. The normalized spacial score (nSPS) is 17.1. The Morgan fingerprint density at radius 3 is 1.19 bits per heavy atom. The summed E-state index contributed by atoms with van der Waals surface area (Å²) in [5, 5.41) is 0. The van der Waals surface area contributed by atoms with Gasteiger partial charge in [-0.2, -0.15) is 0 Å². The van der Waals surface area contributed by atoms with Gasteiger partial charge in [0.1, 0.15) is 0 Å². The van der Waals surface area contributed by atoms with Crippen molar-refractivity contribution in [2.45, 2.75) is 28.7 Å². The van der Waals surface area contributed by atoms with Gasteiger partial charge < -0.3 is 0 Å². The van der Waals surface area contributed by atoms with E-state index in [1.165, 1.54) is 38.7 Å². The maximum Gasteiger partial charge on any atom is 0.0938 e. The highest BCUT2D eigenvalue weighted by molar-refractivity contribution is 8.19. The molecule has 0 N–H and O–H groups in total. The second-order valence-corrected chi connectivity index (χ2v) is 13.5. The first kappa shape index (κ1) is 16.5.